The van der Waals surface area contributed by atoms with E-state index in [-0.39, 0.29) is 18.7 Å². The molecule has 0 saturated carbocycles. The number of carbonyl (C=O) groups excluding carboxylic acids is 2. The van der Waals surface area contributed by atoms with E-state index in [9.17, 15) is 22.8 Å². The first-order valence-electron chi connectivity index (χ1n) is 9.99. The molecule has 1 atom stereocenters. The smallest absolute Gasteiger partial charge is 0.268 e. The second-order valence-corrected chi connectivity index (χ2v) is 8.90. The monoisotopic (exact) mass is 454 g/mol. The molecule has 4 nitrogen and oxygen atoms in total. The maximum Gasteiger partial charge on any atom is 0.268 e. The summed E-state index contributed by atoms with van der Waals surface area (Å²) < 4.78 is 42.0. The van der Waals surface area contributed by atoms with Gasteiger partial charge in [0.05, 0.1) is 17.8 Å². The van der Waals surface area contributed by atoms with Crippen LogP contribution in [0.1, 0.15) is 21.5 Å². The van der Waals surface area contributed by atoms with E-state index in [1.54, 1.807) is 18.2 Å². The molecule has 8 heteroatoms. The molecule has 1 fully saturated rings. The van der Waals surface area contributed by atoms with Crippen molar-refractivity contribution in [2.75, 3.05) is 17.2 Å². The van der Waals surface area contributed by atoms with E-state index >= 15 is 0 Å². The molecule has 162 valence electrons. The molecule has 0 aromatic heterocycles. The second-order valence-electron chi connectivity index (χ2n) is 7.61. The molecule has 3 aromatic rings. The lowest BCUT2D eigenvalue weighted by Crippen LogP contribution is -2.50. The summed E-state index contributed by atoms with van der Waals surface area (Å²) in [4.78, 5) is 28.5. The van der Waals surface area contributed by atoms with Crippen LogP contribution in [-0.2, 0) is 16.2 Å². The highest BCUT2D eigenvalue weighted by Gasteiger charge is 2.59. The van der Waals surface area contributed by atoms with E-state index < -0.39 is 34.1 Å². The zero-order valence-corrected chi connectivity index (χ0v) is 17.5. The third-order valence-corrected chi connectivity index (χ3v) is 7.18. The maximum atomic E-state index is 14.4. The lowest BCUT2D eigenvalue weighted by atomic mass is 10.0. The molecule has 2 heterocycles. The lowest BCUT2D eigenvalue weighted by molar-refractivity contribution is -0.123. The van der Waals surface area contributed by atoms with Gasteiger partial charge in [-0.05, 0) is 48.0 Å². The van der Waals surface area contributed by atoms with Gasteiger partial charge >= 0.3 is 0 Å². The number of thioether (sulfide) groups is 1. The van der Waals surface area contributed by atoms with Gasteiger partial charge in [-0.2, -0.15) is 0 Å². The van der Waals surface area contributed by atoms with Crippen molar-refractivity contribution in [3.05, 3.63) is 101 Å². The van der Waals surface area contributed by atoms with Crippen molar-refractivity contribution in [1.29, 1.82) is 0 Å². The Balaban J connectivity index is 1.60. The second kappa shape index (κ2) is 7.70. The molecular formula is C24H17F3N2O2S. The summed E-state index contributed by atoms with van der Waals surface area (Å²) in [5.41, 5.74) is 1.37. The molecule has 1 spiro atoms. The van der Waals surface area contributed by atoms with Gasteiger partial charge in [0.15, 0.2) is 4.87 Å². The van der Waals surface area contributed by atoms with E-state index in [0.717, 1.165) is 0 Å². The van der Waals surface area contributed by atoms with Crippen LogP contribution in [0.25, 0.3) is 0 Å². The topological polar surface area (TPSA) is 40.6 Å². The standard InChI is InChI=1S/C24H17F3N2O2S/c25-16-7-5-15(6-8-16)14-28-21-10-9-17(26)13-19(21)24(23(28)31)29(11-12-32-24)22(30)18-3-1-2-4-20(18)27/h1-10,13H,11-12,14H2/t24-/m1/s1. The van der Waals surface area contributed by atoms with Crippen LogP contribution in [0.15, 0.2) is 66.7 Å². The number of halogens is 3. The highest BCUT2D eigenvalue weighted by atomic mass is 32.2. The number of amides is 2. The van der Waals surface area contributed by atoms with Crippen LogP contribution in [-0.4, -0.2) is 29.0 Å². The molecule has 5 rings (SSSR count). The number of anilines is 1. The normalized spacial score (nSPS) is 19.7. The first-order chi connectivity index (χ1) is 15.4. The Kier molecular flexibility index (Phi) is 4.97. The summed E-state index contributed by atoms with van der Waals surface area (Å²) in [6.07, 6.45) is 0. The zero-order chi connectivity index (χ0) is 22.5. The van der Waals surface area contributed by atoms with Crippen LogP contribution in [0.5, 0.6) is 0 Å². The highest BCUT2D eigenvalue weighted by Crippen LogP contribution is 2.55. The minimum absolute atomic E-state index is 0.127. The Hall–Kier alpha value is -3.26. The van der Waals surface area contributed by atoms with Gasteiger partial charge in [-0.15, -0.1) is 11.8 Å². The van der Waals surface area contributed by atoms with Crippen molar-refractivity contribution in [3.63, 3.8) is 0 Å². The fraction of sp³-hybridized carbons (Fsp3) is 0.167. The van der Waals surface area contributed by atoms with Crippen molar-refractivity contribution in [3.8, 4) is 0 Å². The van der Waals surface area contributed by atoms with Gasteiger partial charge in [0, 0.05) is 17.9 Å². The lowest BCUT2D eigenvalue weighted by Gasteiger charge is -2.33. The number of hydrogen-bond donors (Lipinski definition) is 0. The molecule has 0 bridgehead atoms. The van der Waals surface area contributed by atoms with E-state index in [2.05, 4.69) is 0 Å². The minimum Gasteiger partial charge on any atom is -0.311 e. The van der Waals surface area contributed by atoms with Crippen molar-refractivity contribution >= 4 is 29.3 Å². The molecule has 0 unspecified atom stereocenters. The highest BCUT2D eigenvalue weighted by molar-refractivity contribution is 8.01. The summed E-state index contributed by atoms with van der Waals surface area (Å²) in [6, 6.07) is 15.4. The van der Waals surface area contributed by atoms with Gasteiger partial charge in [0.25, 0.3) is 11.8 Å². The van der Waals surface area contributed by atoms with Crippen LogP contribution in [0.3, 0.4) is 0 Å². The van der Waals surface area contributed by atoms with Gasteiger partial charge in [0.2, 0.25) is 0 Å². The van der Waals surface area contributed by atoms with Crippen LogP contribution < -0.4 is 4.90 Å². The average Bonchev–Trinajstić information content (AvgIpc) is 3.32. The summed E-state index contributed by atoms with van der Waals surface area (Å²) in [5.74, 6) is -2.21. The van der Waals surface area contributed by atoms with Gasteiger partial charge < -0.3 is 9.80 Å². The zero-order valence-electron chi connectivity index (χ0n) is 16.7. The molecule has 0 aliphatic carbocycles. The SMILES string of the molecule is O=C(c1ccccc1F)N1CCS[C@]12C(=O)N(Cc1ccc(F)cc1)c1ccc(F)cc12. The van der Waals surface area contributed by atoms with Gasteiger partial charge in [-0.25, -0.2) is 13.2 Å². The fourth-order valence-corrected chi connectivity index (χ4v) is 5.75. The van der Waals surface area contributed by atoms with Crippen LogP contribution in [0.2, 0.25) is 0 Å². The molecule has 0 N–H and O–H groups in total. The van der Waals surface area contributed by atoms with Crippen LogP contribution in [0, 0.1) is 17.5 Å². The van der Waals surface area contributed by atoms with Gasteiger partial charge in [-0.3, -0.25) is 9.59 Å². The summed E-state index contributed by atoms with van der Waals surface area (Å²) in [6.45, 7) is 0.339. The summed E-state index contributed by atoms with van der Waals surface area (Å²) in [7, 11) is 0. The van der Waals surface area contributed by atoms with Crippen LogP contribution in [0.4, 0.5) is 18.9 Å². The number of rotatable bonds is 3. The molecule has 2 amide bonds. The quantitative estimate of drug-likeness (QED) is 0.577. The molecule has 1 saturated heterocycles. The predicted molar refractivity (Wildman–Crippen MR) is 116 cm³/mol. The molecule has 32 heavy (non-hydrogen) atoms. The Morgan fingerprint density at radius 2 is 1.69 bits per heavy atom. The number of benzene rings is 3. The van der Waals surface area contributed by atoms with E-state index in [1.807, 2.05) is 0 Å². The first-order valence-corrected chi connectivity index (χ1v) is 11.0. The maximum absolute atomic E-state index is 14.4. The first kappa shape index (κ1) is 20.6. The molecule has 2 aliphatic heterocycles. The Morgan fingerprint density at radius 3 is 2.44 bits per heavy atom. The number of hydrogen-bond acceptors (Lipinski definition) is 3. The predicted octanol–water partition coefficient (Wildman–Crippen LogP) is 4.69. The van der Waals surface area contributed by atoms with Gasteiger partial charge in [0.1, 0.15) is 17.5 Å². The summed E-state index contributed by atoms with van der Waals surface area (Å²) >= 11 is 1.23. The third kappa shape index (κ3) is 3.09. The molecule has 3 aromatic carbocycles. The Labute approximate surface area is 186 Å². The Morgan fingerprint density at radius 1 is 0.969 bits per heavy atom. The fourth-order valence-electron chi connectivity index (χ4n) is 4.30. The molecule has 2 aliphatic rings. The largest absolute Gasteiger partial charge is 0.311 e. The van der Waals surface area contributed by atoms with Gasteiger partial charge in [-0.1, -0.05) is 24.3 Å². The summed E-state index contributed by atoms with van der Waals surface area (Å²) in [5, 5.41) is 0. The molecule has 0 radical (unpaired) electrons. The van der Waals surface area contributed by atoms with E-state index in [4.69, 9.17) is 0 Å². The number of carbonyl (C=O) groups is 2. The third-order valence-electron chi connectivity index (χ3n) is 5.76. The molecular weight excluding hydrogens is 437 g/mol. The van der Waals surface area contributed by atoms with E-state index in [1.165, 1.54) is 70.1 Å². The van der Waals surface area contributed by atoms with Crippen LogP contribution >= 0.6 is 11.8 Å². The Bertz CT molecular complexity index is 1230. The van der Waals surface area contributed by atoms with E-state index in [0.29, 0.717) is 22.6 Å². The minimum atomic E-state index is -1.49. The van der Waals surface area contributed by atoms with Crippen molar-refractivity contribution in [1.82, 2.24) is 4.90 Å². The number of nitrogens with zero attached hydrogens (tertiary/aromatic N) is 2. The van der Waals surface area contributed by atoms with Crippen molar-refractivity contribution < 1.29 is 22.8 Å². The van der Waals surface area contributed by atoms with Crippen molar-refractivity contribution in [2.45, 2.75) is 11.4 Å². The average molecular weight is 454 g/mol. The van der Waals surface area contributed by atoms with Crippen molar-refractivity contribution in [2.24, 2.45) is 0 Å². The number of fused-ring (bicyclic) bond motifs is 2.